The Morgan fingerprint density at radius 1 is 1.18 bits per heavy atom. The lowest BCUT2D eigenvalue weighted by atomic mass is 10.2. The van der Waals surface area contributed by atoms with Crippen molar-refractivity contribution >= 4 is 34.8 Å². The Labute approximate surface area is 129 Å². The van der Waals surface area contributed by atoms with Crippen LogP contribution in [-0.2, 0) is 4.79 Å². The maximum Gasteiger partial charge on any atom is 0.342 e. The minimum atomic E-state index is -1.06. The van der Waals surface area contributed by atoms with E-state index in [1.807, 2.05) is 24.3 Å². The Bertz CT molecular complexity index is 823. The molecule has 0 aliphatic carbocycles. The summed E-state index contributed by atoms with van der Waals surface area (Å²) in [7, 11) is 0. The van der Waals surface area contributed by atoms with Gasteiger partial charge in [-0.3, -0.25) is 0 Å². The standard InChI is InChI=1S/C16H11FN2O2S/c17-11-7-5-10(6-8-11)9-14(15(20)21)22-16-18-12-3-1-2-4-13(12)19-16/h1-9H,(H,18,19)(H,20,21)/b14-9-. The molecule has 0 saturated heterocycles. The fourth-order valence-electron chi connectivity index (χ4n) is 1.93. The third-order valence-corrected chi connectivity index (χ3v) is 3.85. The zero-order chi connectivity index (χ0) is 15.5. The normalized spacial score (nSPS) is 11.8. The minimum Gasteiger partial charge on any atom is -0.477 e. The van der Waals surface area contributed by atoms with Gasteiger partial charge in [0.25, 0.3) is 0 Å². The predicted octanol–water partition coefficient (Wildman–Crippen LogP) is 3.92. The predicted molar refractivity (Wildman–Crippen MR) is 84.0 cm³/mol. The summed E-state index contributed by atoms with van der Waals surface area (Å²) in [5.74, 6) is -1.42. The smallest absolute Gasteiger partial charge is 0.342 e. The van der Waals surface area contributed by atoms with E-state index in [1.54, 1.807) is 0 Å². The quantitative estimate of drug-likeness (QED) is 0.566. The molecule has 0 radical (unpaired) electrons. The molecule has 0 unspecified atom stereocenters. The Hall–Kier alpha value is -2.60. The van der Waals surface area contributed by atoms with E-state index in [4.69, 9.17) is 0 Å². The van der Waals surface area contributed by atoms with Crippen molar-refractivity contribution in [3.05, 3.63) is 64.8 Å². The van der Waals surface area contributed by atoms with Gasteiger partial charge in [0.05, 0.1) is 11.0 Å². The number of para-hydroxylation sites is 2. The van der Waals surface area contributed by atoms with Gasteiger partial charge in [0.15, 0.2) is 5.16 Å². The molecule has 2 aromatic carbocycles. The van der Waals surface area contributed by atoms with Gasteiger partial charge >= 0.3 is 5.97 Å². The van der Waals surface area contributed by atoms with Crippen LogP contribution in [-0.4, -0.2) is 21.0 Å². The number of hydrogen-bond acceptors (Lipinski definition) is 3. The summed E-state index contributed by atoms with van der Waals surface area (Å²) in [6.07, 6.45) is 1.49. The van der Waals surface area contributed by atoms with Crippen molar-refractivity contribution < 1.29 is 14.3 Å². The highest BCUT2D eigenvalue weighted by atomic mass is 32.2. The van der Waals surface area contributed by atoms with Crippen LogP contribution in [0.1, 0.15) is 5.56 Å². The Morgan fingerprint density at radius 2 is 1.91 bits per heavy atom. The van der Waals surface area contributed by atoms with Crippen molar-refractivity contribution in [2.24, 2.45) is 0 Å². The number of benzene rings is 2. The second-order valence-corrected chi connectivity index (χ2v) is 5.56. The summed E-state index contributed by atoms with van der Waals surface area (Å²) in [4.78, 5) is 18.9. The number of fused-ring (bicyclic) bond motifs is 1. The maximum absolute atomic E-state index is 12.9. The Balaban J connectivity index is 1.91. The highest BCUT2D eigenvalue weighted by Crippen LogP contribution is 2.28. The van der Waals surface area contributed by atoms with Gasteiger partial charge in [-0.05, 0) is 47.7 Å². The lowest BCUT2D eigenvalue weighted by Crippen LogP contribution is -1.97. The molecule has 3 rings (SSSR count). The third-order valence-electron chi connectivity index (χ3n) is 2.95. The number of imidazole rings is 1. The maximum atomic E-state index is 12.9. The summed E-state index contributed by atoms with van der Waals surface area (Å²) >= 11 is 1.02. The molecule has 0 amide bonds. The molecule has 2 N–H and O–H groups in total. The zero-order valence-electron chi connectivity index (χ0n) is 11.3. The van der Waals surface area contributed by atoms with Gasteiger partial charge in [0.1, 0.15) is 10.7 Å². The van der Waals surface area contributed by atoms with Crippen molar-refractivity contribution in [2.45, 2.75) is 5.16 Å². The molecule has 1 aromatic heterocycles. The van der Waals surface area contributed by atoms with Crippen LogP contribution >= 0.6 is 11.8 Å². The van der Waals surface area contributed by atoms with E-state index in [-0.39, 0.29) is 10.7 Å². The molecular weight excluding hydrogens is 303 g/mol. The molecule has 1 heterocycles. The Kier molecular flexibility index (Phi) is 3.93. The highest BCUT2D eigenvalue weighted by molar-refractivity contribution is 8.04. The monoisotopic (exact) mass is 314 g/mol. The van der Waals surface area contributed by atoms with Gasteiger partial charge < -0.3 is 10.1 Å². The molecule has 110 valence electrons. The first-order valence-electron chi connectivity index (χ1n) is 6.45. The molecule has 0 aliphatic heterocycles. The summed E-state index contributed by atoms with van der Waals surface area (Å²) in [5.41, 5.74) is 2.23. The lowest BCUT2D eigenvalue weighted by molar-refractivity contribution is -0.131. The van der Waals surface area contributed by atoms with E-state index in [0.29, 0.717) is 10.7 Å². The molecule has 6 heteroatoms. The van der Waals surface area contributed by atoms with E-state index in [2.05, 4.69) is 9.97 Å². The molecule has 0 saturated carbocycles. The third kappa shape index (κ3) is 3.17. The largest absolute Gasteiger partial charge is 0.477 e. The van der Waals surface area contributed by atoms with Gasteiger partial charge in [0.2, 0.25) is 0 Å². The molecule has 4 nitrogen and oxygen atoms in total. The van der Waals surface area contributed by atoms with Crippen molar-refractivity contribution in [1.82, 2.24) is 9.97 Å². The fraction of sp³-hybridized carbons (Fsp3) is 0. The number of carboxylic acids is 1. The second kappa shape index (κ2) is 6.03. The van der Waals surface area contributed by atoms with Gasteiger partial charge in [0, 0.05) is 0 Å². The molecule has 0 atom stereocenters. The van der Waals surface area contributed by atoms with E-state index in [9.17, 15) is 14.3 Å². The van der Waals surface area contributed by atoms with Crippen LogP contribution in [0, 0.1) is 5.82 Å². The summed E-state index contributed by atoms with van der Waals surface area (Å²) < 4.78 is 12.9. The average Bonchev–Trinajstić information content (AvgIpc) is 2.91. The number of H-pyrrole nitrogens is 1. The van der Waals surface area contributed by atoms with Gasteiger partial charge in [-0.1, -0.05) is 24.3 Å². The van der Waals surface area contributed by atoms with Crippen LogP contribution in [0.5, 0.6) is 0 Å². The summed E-state index contributed by atoms with van der Waals surface area (Å²) in [5, 5.41) is 9.82. The average molecular weight is 314 g/mol. The number of carboxylic acid groups (broad SMARTS) is 1. The van der Waals surface area contributed by atoms with Crippen LogP contribution in [0.25, 0.3) is 17.1 Å². The number of carbonyl (C=O) groups is 1. The first kappa shape index (κ1) is 14.3. The number of nitrogens with zero attached hydrogens (tertiary/aromatic N) is 1. The van der Waals surface area contributed by atoms with Crippen molar-refractivity contribution in [1.29, 1.82) is 0 Å². The van der Waals surface area contributed by atoms with Crippen LogP contribution < -0.4 is 0 Å². The van der Waals surface area contributed by atoms with Crippen LogP contribution in [0.3, 0.4) is 0 Å². The molecular formula is C16H11FN2O2S. The SMILES string of the molecule is O=C(O)/C(=C/c1ccc(F)cc1)Sc1nc2ccccc2[nH]1. The topological polar surface area (TPSA) is 66.0 Å². The van der Waals surface area contributed by atoms with Crippen LogP contribution in [0.15, 0.2) is 58.6 Å². The fourth-order valence-corrected chi connectivity index (χ4v) is 2.72. The molecule has 0 fully saturated rings. The molecule has 22 heavy (non-hydrogen) atoms. The van der Waals surface area contributed by atoms with Crippen molar-refractivity contribution in [2.75, 3.05) is 0 Å². The molecule has 0 aliphatic rings. The van der Waals surface area contributed by atoms with E-state index in [1.165, 1.54) is 30.3 Å². The van der Waals surface area contributed by atoms with E-state index >= 15 is 0 Å². The summed E-state index contributed by atoms with van der Waals surface area (Å²) in [6, 6.07) is 13.1. The van der Waals surface area contributed by atoms with Gasteiger partial charge in [-0.25, -0.2) is 14.2 Å². The Morgan fingerprint density at radius 3 is 2.59 bits per heavy atom. The first-order valence-corrected chi connectivity index (χ1v) is 7.26. The number of aromatic nitrogens is 2. The summed E-state index contributed by atoms with van der Waals surface area (Å²) in [6.45, 7) is 0. The highest BCUT2D eigenvalue weighted by Gasteiger charge is 2.13. The van der Waals surface area contributed by atoms with Crippen molar-refractivity contribution in [3.63, 3.8) is 0 Å². The number of aromatic amines is 1. The number of thioether (sulfide) groups is 1. The number of halogens is 1. The number of hydrogen-bond donors (Lipinski definition) is 2. The second-order valence-electron chi connectivity index (χ2n) is 4.53. The van der Waals surface area contributed by atoms with Gasteiger partial charge in [-0.15, -0.1) is 0 Å². The van der Waals surface area contributed by atoms with E-state index < -0.39 is 5.97 Å². The van der Waals surface area contributed by atoms with Crippen LogP contribution in [0.2, 0.25) is 0 Å². The van der Waals surface area contributed by atoms with Crippen molar-refractivity contribution in [3.8, 4) is 0 Å². The van der Waals surface area contributed by atoms with Gasteiger partial charge in [-0.2, -0.15) is 0 Å². The molecule has 0 spiro atoms. The number of rotatable bonds is 4. The molecule has 3 aromatic rings. The zero-order valence-corrected chi connectivity index (χ0v) is 12.1. The number of aliphatic carboxylic acids is 1. The lowest BCUT2D eigenvalue weighted by Gasteiger charge is -2.00. The van der Waals surface area contributed by atoms with E-state index in [0.717, 1.165) is 22.8 Å². The minimum absolute atomic E-state index is 0.102. The molecule has 0 bridgehead atoms. The first-order chi connectivity index (χ1) is 10.6. The van der Waals surface area contributed by atoms with Crippen LogP contribution in [0.4, 0.5) is 4.39 Å². The number of nitrogens with one attached hydrogen (secondary N) is 1.